The van der Waals surface area contributed by atoms with E-state index in [0.717, 1.165) is 23.9 Å². The number of benzene rings is 1. The highest BCUT2D eigenvalue weighted by Gasteiger charge is 2.05. The van der Waals surface area contributed by atoms with Crippen LogP contribution in [0, 0.1) is 0 Å². The Morgan fingerprint density at radius 2 is 2.10 bits per heavy atom. The first-order chi connectivity index (χ1) is 10.2. The normalized spacial score (nSPS) is 11.3. The largest absolute Gasteiger partial charge is 0.455 e. The number of esters is 1. The summed E-state index contributed by atoms with van der Waals surface area (Å²) in [4.78, 5) is 17.1. The molecular formula is C15H10BrNO2S2. The molecule has 0 saturated heterocycles. The maximum atomic E-state index is 11.7. The molecule has 0 bridgehead atoms. The van der Waals surface area contributed by atoms with E-state index in [1.807, 2.05) is 36.4 Å². The number of hydrogen-bond acceptors (Lipinski definition) is 5. The van der Waals surface area contributed by atoms with E-state index in [9.17, 15) is 4.79 Å². The highest BCUT2D eigenvalue weighted by molar-refractivity contribution is 9.11. The fourth-order valence-corrected chi connectivity index (χ4v) is 3.94. The van der Waals surface area contributed by atoms with Crippen molar-refractivity contribution in [2.24, 2.45) is 0 Å². The summed E-state index contributed by atoms with van der Waals surface area (Å²) in [6.07, 6.45) is 3.18. The van der Waals surface area contributed by atoms with Gasteiger partial charge in [-0.2, -0.15) is 0 Å². The van der Waals surface area contributed by atoms with Gasteiger partial charge in [-0.05, 0) is 46.3 Å². The van der Waals surface area contributed by atoms with Crippen LogP contribution in [0.5, 0.6) is 0 Å². The van der Waals surface area contributed by atoms with Gasteiger partial charge in [-0.3, -0.25) is 0 Å². The van der Waals surface area contributed by atoms with E-state index in [0.29, 0.717) is 0 Å². The predicted molar refractivity (Wildman–Crippen MR) is 90.5 cm³/mol. The van der Waals surface area contributed by atoms with Gasteiger partial charge in [-0.15, -0.1) is 22.7 Å². The first-order valence-electron chi connectivity index (χ1n) is 6.15. The van der Waals surface area contributed by atoms with Crippen molar-refractivity contribution in [1.82, 2.24) is 4.98 Å². The Labute approximate surface area is 138 Å². The van der Waals surface area contributed by atoms with Gasteiger partial charge >= 0.3 is 5.97 Å². The van der Waals surface area contributed by atoms with E-state index < -0.39 is 0 Å². The van der Waals surface area contributed by atoms with E-state index in [1.165, 1.54) is 6.08 Å². The molecule has 0 aliphatic carbocycles. The number of fused-ring (bicyclic) bond motifs is 1. The van der Waals surface area contributed by atoms with Gasteiger partial charge in [-0.1, -0.05) is 12.1 Å². The Morgan fingerprint density at radius 1 is 1.24 bits per heavy atom. The molecule has 0 N–H and O–H groups in total. The lowest BCUT2D eigenvalue weighted by Crippen LogP contribution is -2.00. The molecule has 1 aromatic carbocycles. The third-order valence-electron chi connectivity index (χ3n) is 2.65. The molecule has 2 aromatic heterocycles. The van der Waals surface area contributed by atoms with Crippen LogP contribution in [-0.4, -0.2) is 11.0 Å². The van der Waals surface area contributed by atoms with Crippen molar-refractivity contribution in [2.75, 3.05) is 0 Å². The monoisotopic (exact) mass is 379 g/mol. The summed E-state index contributed by atoms with van der Waals surface area (Å²) in [5, 5.41) is 0.803. The molecule has 3 aromatic rings. The number of hydrogen-bond donors (Lipinski definition) is 0. The SMILES string of the molecule is O=C(/C=C/c1ccc(Br)s1)OCc1nc2ccccc2s1. The summed E-state index contributed by atoms with van der Waals surface area (Å²) in [6.45, 7) is 0.205. The number of aromatic nitrogens is 1. The predicted octanol–water partition coefficient (Wildman–Crippen LogP) is 4.88. The number of nitrogens with zero attached hydrogens (tertiary/aromatic N) is 1. The molecule has 6 heteroatoms. The minimum absolute atomic E-state index is 0.205. The molecule has 0 unspecified atom stereocenters. The fraction of sp³-hybridized carbons (Fsp3) is 0.0667. The zero-order valence-corrected chi connectivity index (χ0v) is 14.0. The van der Waals surface area contributed by atoms with Crippen molar-refractivity contribution in [3.8, 4) is 0 Å². The quantitative estimate of drug-likeness (QED) is 0.479. The van der Waals surface area contributed by atoms with Crippen LogP contribution in [0.3, 0.4) is 0 Å². The second kappa shape index (κ2) is 6.51. The highest BCUT2D eigenvalue weighted by Crippen LogP contribution is 2.23. The number of halogens is 1. The molecule has 0 atom stereocenters. The highest BCUT2D eigenvalue weighted by atomic mass is 79.9. The Bertz CT molecular complexity index is 774. The van der Waals surface area contributed by atoms with Gasteiger partial charge in [-0.25, -0.2) is 9.78 Å². The first-order valence-corrected chi connectivity index (χ1v) is 8.58. The molecule has 0 radical (unpaired) electrons. The topological polar surface area (TPSA) is 39.2 Å². The summed E-state index contributed by atoms with van der Waals surface area (Å²) in [5.41, 5.74) is 0.938. The van der Waals surface area contributed by atoms with E-state index in [1.54, 1.807) is 28.7 Å². The summed E-state index contributed by atoms with van der Waals surface area (Å²) in [6, 6.07) is 11.7. The number of rotatable bonds is 4. The van der Waals surface area contributed by atoms with Crippen LogP contribution in [0.25, 0.3) is 16.3 Å². The van der Waals surface area contributed by atoms with Crippen LogP contribution in [-0.2, 0) is 16.1 Å². The van der Waals surface area contributed by atoms with Crippen molar-refractivity contribution in [1.29, 1.82) is 0 Å². The molecule has 3 rings (SSSR count). The van der Waals surface area contributed by atoms with E-state index in [-0.39, 0.29) is 12.6 Å². The average Bonchev–Trinajstić information content (AvgIpc) is 3.08. The number of para-hydroxylation sites is 1. The van der Waals surface area contributed by atoms with Crippen molar-refractivity contribution in [3.63, 3.8) is 0 Å². The summed E-state index contributed by atoms with van der Waals surface area (Å²) in [7, 11) is 0. The Balaban J connectivity index is 1.59. The number of thiazole rings is 1. The minimum Gasteiger partial charge on any atom is -0.455 e. The summed E-state index contributed by atoms with van der Waals surface area (Å²) < 4.78 is 7.33. The number of thiophene rings is 1. The Hall–Kier alpha value is -1.50. The maximum absolute atomic E-state index is 11.7. The molecule has 106 valence electrons. The van der Waals surface area contributed by atoms with E-state index in [4.69, 9.17) is 4.74 Å². The summed E-state index contributed by atoms with van der Waals surface area (Å²) >= 11 is 6.48. The van der Waals surface area contributed by atoms with Crippen molar-refractivity contribution >= 4 is 60.9 Å². The molecule has 0 spiro atoms. The molecule has 0 saturated carbocycles. The first kappa shape index (κ1) is 14.4. The van der Waals surface area contributed by atoms with Crippen molar-refractivity contribution in [2.45, 2.75) is 6.61 Å². The Kier molecular flexibility index (Phi) is 4.48. The smallest absolute Gasteiger partial charge is 0.331 e. The van der Waals surface area contributed by atoms with Gasteiger partial charge < -0.3 is 4.74 Å². The van der Waals surface area contributed by atoms with Crippen LogP contribution in [0.15, 0.2) is 46.3 Å². The number of ether oxygens (including phenoxy) is 1. The lowest BCUT2D eigenvalue weighted by molar-refractivity contribution is -0.138. The van der Waals surface area contributed by atoms with Gasteiger partial charge in [0.2, 0.25) is 0 Å². The van der Waals surface area contributed by atoms with Gasteiger partial charge in [0.25, 0.3) is 0 Å². The molecular weight excluding hydrogens is 370 g/mol. The Morgan fingerprint density at radius 3 is 2.86 bits per heavy atom. The molecule has 3 nitrogen and oxygen atoms in total. The average molecular weight is 380 g/mol. The molecule has 0 amide bonds. The molecule has 0 fully saturated rings. The maximum Gasteiger partial charge on any atom is 0.331 e. The van der Waals surface area contributed by atoms with Gasteiger partial charge in [0.1, 0.15) is 11.6 Å². The summed E-state index contributed by atoms with van der Waals surface area (Å²) in [5.74, 6) is -0.362. The van der Waals surface area contributed by atoms with Crippen LogP contribution in [0.4, 0.5) is 0 Å². The van der Waals surface area contributed by atoms with Gasteiger partial charge in [0, 0.05) is 11.0 Å². The van der Waals surface area contributed by atoms with Crippen molar-refractivity contribution in [3.05, 3.63) is 56.1 Å². The zero-order valence-electron chi connectivity index (χ0n) is 10.8. The molecule has 2 heterocycles. The number of carbonyl (C=O) groups is 1. The fourth-order valence-electron chi connectivity index (χ4n) is 1.73. The van der Waals surface area contributed by atoms with Crippen LogP contribution in [0.1, 0.15) is 9.88 Å². The molecule has 0 aliphatic rings. The lowest BCUT2D eigenvalue weighted by Gasteiger charge is -1.97. The number of carbonyl (C=O) groups excluding carboxylic acids is 1. The second-order valence-electron chi connectivity index (χ2n) is 4.16. The second-order valence-corrected chi connectivity index (χ2v) is 7.77. The van der Waals surface area contributed by atoms with Crippen molar-refractivity contribution < 1.29 is 9.53 Å². The third-order valence-corrected chi connectivity index (χ3v) is 5.25. The lowest BCUT2D eigenvalue weighted by atomic mass is 10.3. The zero-order chi connectivity index (χ0) is 14.7. The van der Waals surface area contributed by atoms with Gasteiger partial charge in [0.15, 0.2) is 0 Å². The van der Waals surface area contributed by atoms with E-state index in [2.05, 4.69) is 20.9 Å². The van der Waals surface area contributed by atoms with Crippen LogP contribution in [0.2, 0.25) is 0 Å². The minimum atomic E-state index is -0.362. The van der Waals surface area contributed by atoms with Crippen LogP contribution < -0.4 is 0 Å². The standard InChI is InChI=1S/C15H10BrNO2S2/c16-13-7-5-10(20-13)6-8-15(18)19-9-14-17-11-3-1-2-4-12(11)21-14/h1-8H,9H2/b8-6+. The van der Waals surface area contributed by atoms with Gasteiger partial charge in [0.05, 0.1) is 14.0 Å². The van der Waals surface area contributed by atoms with E-state index >= 15 is 0 Å². The third kappa shape index (κ3) is 3.78. The molecule has 21 heavy (non-hydrogen) atoms. The molecule has 0 aliphatic heterocycles. The van der Waals surface area contributed by atoms with Crippen LogP contribution >= 0.6 is 38.6 Å².